The first-order valence-corrected chi connectivity index (χ1v) is 11.1. The van der Waals surface area contributed by atoms with Crippen molar-refractivity contribution >= 4 is 17.8 Å². The third-order valence-corrected chi connectivity index (χ3v) is 6.65. The van der Waals surface area contributed by atoms with Crippen LogP contribution in [-0.2, 0) is 9.59 Å². The van der Waals surface area contributed by atoms with E-state index in [1.165, 1.54) is 0 Å². The number of hydrogen-bond donors (Lipinski definition) is 2. The summed E-state index contributed by atoms with van der Waals surface area (Å²) in [6, 6.07) is 4.76. The second kappa shape index (κ2) is 8.52. The molecule has 0 atom stereocenters. The van der Waals surface area contributed by atoms with Gasteiger partial charge >= 0.3 is 6.03 Å². The van der Waals surface area contributed by atoms with Crippen LogP contribution in [0.2, 0.25) is 0 Å². The van der Waals surface area contributed by atoms with E-state index in [9.17, 15) is 14.4 Å². The molecule has 2 aliphatic heterocycles. The number of urea groups is 1. The van der Waals surface area contributed by atoms with Crippen molar-refractivity contribution in [3.05, 3.63) is 18.2 Å². The number of nitrogens with zero attached hydrogens (tertiary/aromatic N) is 1. The number of hydrogen-bond acceptors (Lipinski definition) is 6. The van der Waals surface area contributed by atoms with Gasteiger partial charge in [-0.25, -0.2) is 4.79 Å². The summed E-state index contributed by atoms with van der Waals surface area (Å²) in [4.78, 5) is 38.8. The largest absolute Gasteiger partial charge is 0.492 e. The number of amides is 4. The molecule has 4 amide bonds. The van der Waals surface area contributed by atoms with Crippen LogP contribution >= 0.6 is 0 Å². The van der Waals surface area contributed by atoms with Crippen molar-refractivity contribution in [1.82, 2.24) is 15.5 Å². The van der Waals surface area contributed by atoms with Crippen LogP contribution in [0.5, 0.6) is 17.2 Å². The predicted octanol–water partition coefficient (Wildman–Crippen LogP) is 2.44. The molecule has 32 heavy (non-hydrogen) atoms. The van der Waals surface area contributed by atoms with Crippen molar-refractivity contribution in [2.75, 3.05) is 26.5 Å². The van der Waals surface area contributed by atoms with E-state index in [1.54, 1.807) is 18.2 Å². The lowest BCUT2D eigenvalue weighted by Crippen LogP contribution is -2.51. The van der Waals surface area contributed by atoms with E-state index in [0.29, 0.717) is 36.0 Å². The van der Waals surface area contributed by atoms with Gasteiger partial charge in [0.1, 0.15) is 24.4 Å². The molecular weight excluding hydrogens is 414 g/mol. The second-order valence-electron chi connectivity index (χ2n) is 9.76. The van der Waals surface area contributed by atoms with Gasteiger partial charge in [0.2, 0.25) is 12.7 Å². The van der Waals surface area contributed by atoms with E-state index in [0.717, 1.165) is 17.7 Å². The number of rotatable bonds is 6. The Kier molecular flexibility index (Phi) is 5.92. The van der Waals surface area contributed by atoms with Crippen LogP contribution in [0.4, 0.5) is 4.79 Å². The zero-order chi connectivity index (χ0) is 22.9. The van der Waals surface area contributed by atoms with E-state index in [4.69, 9.17) is 14.2 Å². The molecule has 1 spiro atoms. The van der Waals surface area contributed by atoms with E-state index in [2.05, 4.69) is 31.4 Å². The molecule has 1 aliphatic carbocycles. The Morgan fingerprint density at radius 1 is 1.22 bits per heavy atom. The molecule has 0 radical (unpaired) electrons. The molecule has 3 aliphatic rings. The average molecular weight is 446 g/mol. The molecule has 0 unspecified atom stereocenters. The normalized spacial score (nSPS) is 24.6. The molecule has 0 bridgehead atoms. The summed E-state index contributed by atoms with van der Waals surface area (Å²) in [5.74, 6) is 1.72. The molecular formula is C23H31N3O6. The summed E-state index contributed by atoms with van der Waals surface area (Å²) in [5.41, 5.74) is -0.683. The molecule has 9 heteroatoms. The minimum Gasteiger partial charge on any atom is -0.492 e. The molecule has 174 valence electrons. The van der Waals surface area contributed by atoms with Crippen LogP contribution in [-0.4, -0.2) is 54.8 Å². The van der Waals surface area contributed by atoms with Crippen LogP contribution < -0.4 is 24.8 Å². The fourth-order valence-corrected chi connectivity index (χ4v) is 4.66. The fourth-order valence-electron chi connectivity index (χ4n) is 4.66. The Bertz CT molecular complexity index is 901. The fraction of sp³-hybridized carbons (Fsp3) is 0.609. The summed E-state index contributed by atoms with van der Waals surface area (Å²) in [6.45, 7) is 7.00. The molecule has 1 aromatic rings. The molecule has 1 aromatic carbocycles. The van der Waals surface area contributed by atoms with Gasteiger partial charge in [0.15, 0.2) is 11.5 Å². The lowest BCUT2D eigenvalue weighted by Gasteiger charge is -2.40. The lowest BCUT2D eigenvalue weighted by molar-refractivity contribution is -0.136. The van der Waals surface area contributed by atoms with Crippen molar-refractivity contribution in [3.8, 4) is 17.2 Å². The van der Waals surface area contributed by atoms with E-state index in [-0.39, 0.29) is 37.8 Å². The average Bonchev–Trinajstić information content (AvgIpc) is 3.29. The Balaban J connectivity index is 1.23. The van der Waals surface area contributed by atoms with Crippen LogP contribution in [0.1, 0.15) is 46.5 Å². The van der Waals surface area contributed by atoms with Gasteiger partial charge < -0.3 is 24.8 Å². The quantitative estimate of drug-likeness (QED) is 0.515. The molecule has 9 nitrogen and oxygen atoms in total. The van der Waals surface area contributed by atoms with Crippen LogP contribution in [0.25, 0.3) is 0 Å². The maximum Gasteiger partial charge on any atom is 0.325 e. The third kappa shape index (κ3) is 4.47. The minimum atomic E-state index is -0.860. The Labute approximate surface area is 187 Å². The molecule has 0 aromatic heterocycles. The highest BCUT2D eigenvalue weighted by molar-refractivity contribution is 6.09. The topological polar surface area (TPSA) is 106 Å². The van der Waals surface area contributed by atoms with Gasteiger partial charge in [0.25, 0.3) is 5.91 Å². The van der Waals surface area contributed by atoms with E-state index in [1.807, 2.05) is 0 Å². The summed E-state index contributed by atoms with van der Waals surface area (Å²) >= 11 is 0. The highest BCUT2D eigenvalue weighted by Crippen LogP contribution is 2.43. The van der Waals surface area contributed by atoms with Gasteiger partial charge in [0, 0.05) is 6.07 Å². The van der Waals surface area contributed by atoms with Gasteiger partial charge in [-0.05, 0) is 49.1 Å². The zero-order valence-electron chi connectivity index (χ0n) is 18.9. The predicted molar refractivity (Wildman–Crippen MR) is 115 cm³/mol. The standard InChI is InChI=1S/C23H31N3O6/c1-22(2,3)15-6-8-23(9-7-15)20(28)26(21(29)25-23)13-19(27)24-10-11-30-16-4-5-17-18(12-16)32-14-31-17/h4-5,12,15H,6-11,13-14H2,1-3H3,(H,24,27)(H,25,29). The van der Waals surface area contributed by atoms with Crippen LogP contribution in [0.3, 0.4) is 0 Å². The first kappa shape index (κ1) is 22.2. The Morgan fingerprint density at radius 3 is 2.66 bits per heavy atom. The highest BCUT2D eigenvalue weighted by Gasteiger charge is 2.53. The number of nitrogens with one attached hydrogen (secondary N) is 2. The lowest BCUT2D eigenvalue weighted by atomic mass is 9.67. The van der Waals surface area contributed by atoms with E-state index < -0.39 is 17.5 Å². The van der Waals surface area contributed by atoms with Crippen molar-refractivity contribution in [2.24, 2.45) is 11.3 Å². The molecule has 2 fully saturated rings. The highest BCUT2D eigenvalue weighted by atomic mass is 16.7. The molecule has 4 rings (SSSR count). The van der Waals surface area contributed by atoms with Gasteiger partial charge in [-0.2, -0.15) is 0 Å². The van der Waals surface area contributed by atoms with Gasteiger partial charge in [-0.3, -0.25) is 14.5 Å². The number of imide groups is 1. The molecule has 2 heterocycles. The maximum atomic E-state index is 13.0. The van der Waals surface area contributed by atoms with Crippen molar-refractivity contribution in [1.29, 1.82) is 0 Å². The monoisotopic (exact) mass is 445 g/mol. The maximum absolute atomic E-state index is 13.0. The molecule has 1 saturated heterocycles. The van der Waals surface area contributed by atoms with Gasteiger partial charge in [0.05, 0.1) is 6.54 Å². The smallest absolute Gasteiger partial charge is 0.325 e. The van der Waals surface area contributed by atoms with Crippen LogP contribution in [0.15, 0.2) is 18.2 Å². The minimum absolute atomic E-state index is 0.176. The first-order chi connectivity index (χ1) is 15.2. The van der Waals surface area contributed by atoms with Crippen LogP contribution in [0, 0.1) is 11.3 Å². The number of benzene rings is 1. The third-order valence-electron chi connectivity index (χ3n) is 6.65. The number of carbonyl (C=O) groups excluding carboxylic acids is 3. The SMILES string of the molecule is CC(C)(C)C1CCC2(CC1)NC(=O)N(CC(=O)NCCOc1ccc3c(c1)OCO3)C2=O. The van der Waals surface area contributed by atoms with E-state index >= 15 is 0 Å². The van der Waals surface area contributed by atoms with Crippen molar-refractivity contribution < 1.29 is 28.6 Å². The number of ether oxygens (including phenoxy) is 3. The van der Waals surface area contributed by atoms with Crippen molar-refractivity contribution in [3.63, 3.8) is 0 Å². The second-order valence-corrected chi connectivity index (χ2v) is 9.76. The summed E-state index contributed by atoms with van der Waals surface area (Å²) in [7, 11) is 0. The molecule has 1 saturated carbocycles. The first-order valence-electron chi connectivity index (χ1n) is 11.1. The van der Waals surface area contributed by atoms with Gasteiger partial charge in [-0.1, -0.05) is 20.8 Å². The Hall–Kier alpha value is -2.97. The van der Waals surface area contributed by atoms with Crippen molar-refractivity contribution in [2.45, 2.75) is 52.0 Å². The summed E-state index contributed by atoms with van der Waals surface area (Å²) in [6.07, 6.45) is 2.99. The summed E-state index contributed by atoms with van der Waals surface area (Å²) in [5, 5.41) is 5.56. The van der Waals surface area contributed by atoms with Gasteiger partial charge in [-0.15, -0.1) is 0 Å². The Morgan fingerprint density at radius 2 is 1.94 bits per heavy atom. The number of carbonyl (C=O) groups is 3. The zero-order valence-corrected chi connectivity index (χ0v) is 18.9. The number of fused-ring (bicyclic) bond motifs is 1. The summed E-state index contributed by atoms with van der Waals surface area (Å²) < 4.78 is 16.2. The molecule has 2 N–H and O–H groups in total.